The maximum atomic E-state index is 12.5. The summed E-state index contributed by atoms with van der Waals surface area (Å²) in [5, 5.41) is 7.24. The first-order valence-corrected chi connectivity index (χ1v) is 11.1. The molecule has 8 nitrogen and oxygen atoms in total. The molecule has 1 unspecified atom stereocenters. The van der Waals surface area contributed by atoms with Crippen LogP contribution in [0.2, 0.25) is 0 Å². The van der Waals surface area contributed by atoms with Crippen molar-refractivity contribution < 1.29 is 17.9 Å². The number of nitrogens with one attached hydrogen (secondary N) is 1. The number of hydrogen-bond acceptors (Lipinski definition) is 6. The summed E-state index contributed by atoms with van der Waals surface area (Å²) in [5.41, 5.74) is 1.72. The zero-order valence-electron chi connectivity index (χ0n) is 16.5. The molecule has 2 aromatic heterocycles. The van der Waals surface area contributed by atoms with Crippen LogP contribution in [0, 0.1) is 5.92 Å². The molecule has 1 N–H and O–H groups in total. The van der Waals surface area contributed by atoms with E-state index in [2.05, 4.69) is 10.2 Å². The number of hydrogen-bond donors (Lipinski definition) is 1. The number of Topliss-reactive ketones (excluding diaryl/α,β-unsaturated/α-hetero) is 1. The van der Waals surface area contributed by atoms with Gasteiger partial charge in [-0.05, 0) is 18.1 Å². The van der Waals surface area contributed by atoms with Crippen LogP contribution in [0.15, 0.2) is 34.2 Å². The zero-order chi connectivity index (χ0) is 21.1. The van der Waals surface area contributed by atoms with E-state index in [9.17, 15) is 18.0 Å². The van der Waals surface area contributed by atoms with Crippen molar-refractivity contribution in [2.75, 3.05) is 6.26 Å². The Morgan fingerprint density at radius 2 is 1.97 bits per heavy atom. The molecule has 1 aromatic carbocycles. The Kier molecular flexibility index (Phi) is 4.38. The number of aryl methyl sites for hydroxylation is 1. The molecule has 152 valence electrons. The first-order chi connectivity index (χ1) is 13.6. The van der Waals surface area contributed by atoms with Gasteiger partial charge in [-0.1, -0.05) is 13.8 Å². The zero-order valence-corrected chi connectivity index (χ0v) is 17.3. The number of sulfone groups is 1. The summed E-state index contributed by atoms with van der Waals surface area (Å²) in [7, 11) is -1.92. The van der Waals surface area contributed by atoms with Crippen molar-refractivity contribution >= 4 is 26.5 Å². The lowest BCUT2D eigenvalue weighted by atomic mass is 9.91. The summed E-state index contributed by atoms with van der Waals surface area (Å²) >= 11 is 0. The molecule has 3 aromatic rings. The fraction of sp³-hybridized carbons (Fsp3) is 0.350. The van der Waals surface area contributed by atoms with Gasteiger partial charge in [0.1, 0.15) is 11.3 Å². The summed E-state index contributed by atoms with van der Waals surface area (Å²) in [4.78, 5) is 25.0. The van der Waals surface area contributed by atoms with Gasteiger partial charge in [0.2, 0.25) is 0 Å². The fourth-order valence-corrected chi connectivity index (χ4v) is 4.39. The SMILES string of the molecule is CC(C)C1Oc2c(cc(S(C)(=O)=O)cc2-c2cn(C)c(=O)c3[nH]ncc23)CC1=O. The van der Waals surface area contributed by atoms with Gasteiger partial charge in [0.15, 0.2) is 21.7 Å². The van der Waals surface area contributed by atoms with Crippen molar-refractivity contribution in [3.8, 4) is 16.9 Å². The highest BCUT2D eigenvalue weighted by molar-refractivity contribution is 7.90. The second-order valence-electron chi connectivity index (χ2n) is 7.77. The third-order valence-corrected chi connectivity index (χ3v) is 6.27. The number of carbonyl (C=O) groups excluding carboxylic acids is 1. The molecule has 0 saturated carbocycles. The number of nitrogens with zero attached hydrogens (tertiary/aromatic N) is 2. The van der Waals surface area contributed by atoms with Gasteiger partial charge in [-0.15, -0.1) is 0 Å². The van der Waals surface area contributed by atoms with Crippen LogP contribution in [0.3, 0.4) is 0 Å². The van der Waals surface area contributed by atoms with Gasteiger partial charge in [0.05, 0.1) is 11.1 Å². The van der Waals surface area contributed by atoms with Crippen LogP contribution in [0.25, 0.3) is 22.0 Å². The Bertz CT molecular complexity index is 1320. The van der Waals surface area contributed by atoms with Crippen LogP contribution >= 0.6 is 0 Å². The van der Waals surface area contributed by atoms with Crippen molar-refractivity contribution in [1.82, 2.24) is 14.8 Å². The topological polar surface area (TPSA) is 111 Å². The highest BCUT2D eigenvalue weighted by atomic mass is 32.2. The second-order valence-corrected chi connectivity index (χ2v) is 9.79. The Balaban J connectivity index is 2.08. The summed E-state index contributed by atoms with van der Waals surface area (Å²) in [5.74, 6) is 0.349. The van der Waals surface area contributed by atoms with Crippen LogP contribution in [-0.2, 0) is 28.1 Å². The lowest BCUT2D eigenvalue weighted by Gasteiger charge is -2.30. The molecule has 29 heavy (non-hydrogen) atoms. The Morgan fingerprint density at radius 1 is 1.24 bits per heavy atom. The molecule has 4 rings (SSSR count). The van der Waals surface area contributed by atoms with Crippen molar-refractivity contribution in [1.29, 1.82) is 0 Å². The molecular weight excluding hydrogens is 394 g/mol. The molecular formula is C20H21N3O5S. The number of pyridine rings is 1. The van der Waals surface area contributed by atoms with Crippen LogP contribution in [0.1, 0.15) is 19.4 Å². The van der Waals surface area contributed by atoms with E-state index in [1.54, 1.807) is 13.2 Å². The van der Waals surface area contributed by atoms with Crippen molar-refractivity contribution in [2.45, 2.75) is 31.3 Å². The number of H-pyrrole nitrogens is 1. The molecule has 0 aliphatic carbocycles. The minimum Gasteiger partial charge on any atom is -0.481 e. The molecule has 9 heteroatoms. The molecule has 1 aliphatic rings. The van der Waals surface area contributed by atoms with E-state index in [1.807, 2.05) is 13.8 Å². The lowest BCUT2D eigenvalue weighted by molar-refractivity contribution is -0.128. The molecule has 0 radical (unpaired) electrons. The second kappa shape index (κ2) is 6.55. The van der Waals surface area contributed by atoms with Gasteiger partial charge < -0.3 is 9.30 Å². The van der Waals surface area contributed by atoms with Gasteiger partial charge in [-0.3, -0.25) is 14.7 Å². The van der Waals surface area contributed by atoms with E-state index in [1.165, 1.54) is 22.9 Å². The number of aromatic amines is 1. The molecule has 1 atom stereocenters. The maximum Gasteiger partial charge on any atom is 0.276 e. The third kappa shape index (κ3) is 3.15. The minimum atomic E-state index is -3.53. The van der Waals surface area contributed by atoms with Crippen molar-refractivity contribution in [2.24, 2.45) is 13.0 Å². The van der Waals surface area contributed by atoms with E-state index in [4.69, 9.17) is 4.74 Å². The van der Waals surface area contributed by atoms with E-state index in [0.29, 0.717) is 33.3 Å². The number of fused-ring (bicyclic) bond motifs is 2. The molecule has 0 bridgehead atoms. The summed E-state index contributed by atoms with van der Waals surface area (Å²) in [6.07, 6.45) is 3.76. The minimum absolute atomic E-state index is 0.0350. The first-order valence-electron chi connectivity index (χ1n) is 9.17. The largest absolute Gasteiger partial charge is 0.481 e. The van der Waals surface area contributed by atoms with Crippen molar-refractivity contribution in [3.05, 3.63) is 40.4 Å². The number of ketones is 1. The van der Waals surface area contributed by atoms with Crippen LogP contribution < -0.4 is 10.3 Å². The molecule has 3 heterocycles. The summed E-state index contributed by atoms with van der Waals surface area (Å²) < 4.78 is 32.1. The Hall–Kier alpha value is -2.94. The lowest BCUT2D eigenvalue weighted by Crippen LogP contribution is -2.37. The first kappa shape index (κ1) is 19.4. The standard InChI is InChI=1S/C20H21N3O5S/c1-10(2)18-16(24)6-11-5-12(29(4,26)27)7-13(19(11)28-18)15-9-23(3)20(25)17-14(15)8-21-22-17/h5,7-10,18H,6H2,1-4H3,(H,21,22). The van der Waals surface area contributed by atoms with E-state index in [-0.39, 0.29) is 28.6 Å². The average molecular weight is 415 g/mol. The summed E-state index contributed by atoms with van der Waals surface area (Å²) in [6, 6.07) is 3.03. The number of benzene rings is 1. The Labute approximate surface area is 167 Å². The van der Waals surface area contributed by atoms with Crippen LogP contribution in [-0.4, -0.2) is 41.3 Å². The Morgan fingerprint density at radius 3 is 2.62 bits per heavy atom. The van der Waals surface area contributed by atoms with Crippen LogP contribution in [0.5, 0.6) is 5.75 Å². The van der Waals surface area contributed by atoms with E-state index < -0.39 is 15.9 Å². The number of carbonyl (C=O) groups is 1. The quantitative estimate of drug-likeness (QED) is 0.699. The van der Waals surface area contributed by atoms with Gasteiger partial charge in [0, 0.05) is 48.0 Å². The third-order valence-electron chi connectivity index (χ3n) is 5.18. The van der Waals surface area contributed by atoms with Crippen LogP contribution in [0.4, 0.5) is 0 Å². The molecule has 1 aliphatic heterocycles. The number of rotatable bonds is 3. The fourth-order valence-electron chi connectivity index (χ4n) is 3.70. The predicted molar refractivity (Wildman–Crippen MR) is 108 cm³/mol. The number of ether oxygens (including phenoxy) is 1. The van der Waals surface area contributed by atoms with Gasteiger partial charge in [-0.2, -0.15) is 5.10 Å². The van der Waals surface area contributed by atoms with Gasteiger partial charge >= 0.3 is 0 Å². The predicted octanol–water partition coefficient (Wildman–Crippen LogP) is 1.86. The normalized spacial score (nSPS) is 16.9. The van der Waals surface area contributed by atoms with Crippen molar-refractivity contribution in [3.63, 3.8) is 0 Å². The molecule has 0 saturated heterocycles. The molecule has 0 spiro atoms. The monoisotopic (exact) mass is 415 g/mol. The van der Waals surface area contributed by atoms with Gasteiger partial charge in [0.25, 0.3) is 5.56 Å². The highest BCUT2D eigenvalue weighted by Crippen LogP contribution is 2.41. The van der Waals surface area contributed by atoms with E-state index in [0.717, 1.165) is 6.26 Å². The maximum absolute atomic E-state index is 12.5. The number of aromatic nitrogens is 3. The summed E-state index contributed by atoms with van der Waals surface area (Å²) in [6.45, 7) is 3.80. The molecule has 0 fully saturated rings. The molecule has 0 amide bonds. The highest BCUT2D eigenvalue weighted by Gasteiger charge is 2.33. The van der Waals surface area contributed by atoms with Gasteiger partial charge in [-0.25, -0.2) is 8.42 Å². The smallest absolute Gasteiger partial charge is 0.276 e. The average Bonchev–Trinajstić information content (AvgIpc) is 3.12. The van der Waals surface area contributed by atoms with E-state index >= 15 is 0 Å².